The normalized spacial score (nSPS) is 21.2. The SMILES string of the molecule is Cn1cc(C(=O)CC2CCCN2S(=O)(=O)c2ccc3c(c2)C(C)(C)C(=O)N3)cn1. The lowest BCUT2D eigenvalue weighted by atomic mass is 9.86. The summed E-state index contributed by atoms with van der Waals surface area (Å²) in [6, 6.07) is 4.37. The number of benzene rings is 1. The summed E-state index contributed by atoms with van der Waals surface area (Å²) < 4.78 is 29.7. The van der Waals surface area contributed by atoms with Crippen LogP contribution in [0.15, 0.2) is 35.5 Å². The number of rotatable bonds is 5. The van der Waals surface area contributed by atoms with Crippen molar-refractivity contribution < 1.29 is 18.0 Å². The van der Waals surface area contributed by atoms with Gasteiger partial charge in [0, 0.05) is 37.9 Å². The van der Waals surface area contributed by atoms with E-state index in [0.717, 1.165) is 0 Å². The minimum Gasteiger partial charge on any atom is -0.325 e. The molecule has 1 unspecified atom stereocenters. The number of ketones is 1. The van der Waals surface area contributed by atoms with E-state index in [1.807, 2.05) is 0 Å². The van der Waals surface area contributed by atoms with Gasteiger partial charge in [0.1, 0.15) is 0 Å². The molecule has 0 saturated carbocycles. The van der Waals surface area contributed by atoms with Gasteiger partial charge in [0.2, 0.25) is 15.9 Å². The molecule has 3 heterocycles. The van der Waals surface area contributed by atoms with Crippen molar-refractivity contribution in [3.63, 3.8) is 0 Å². The Bertz CT molecular complexity index is 1100. The van der Waals surface area contributed by atoms with E-state index >= 15 is 0 Å². The Morgan fingerprint density at radius 3 is 2.79 bits per heavy atom. The van der Waals surface area contributed by atoms with E-state index in [9.17, 15) is 18.0 Å². The van der Waals surface area contributed by atoms with Crippen molar-refractivity contribution in [1.82, 2.24) is 14.1 Å². The number of carbonyl (C=O) groups is 2. The lowest BCUT2D eigenvalue weighted by Crippen LogP contribution is -2.37. The molecule has 8 nitrogen and oxygen atoms in total. The molecule has 1 N–H and O–H groups in total. The summed E-state index contributed by atoms with van der Waals surface area (Å²) in [5.41, 5.74) is 1.01. The molecule has 0 spiro atoms. The number of hydrogen-bond acceptors (Lipinski definition) is 5. The highest BCUT2D eigenvalue weighted by Gasteiger charge is 2.41. The van der Waals surface area contributed by atoms with Gasteiger partial charge in [-0.05, 0) is 50.5 Å². The van der Waals surface area contributed by atoms with Gasteiger partial charge < -0.3 is 5.32 Å². The zero-order chi connectivity index (χ0) is 21.0. The predicted octanol–water partition coefficient (Wildman–Crippen LogP) is 2.08. The second-order valence-corrected chi connectivity index (χ2v) is 10.1. The molecule has 2 aliphatic heterocycles. The summed E-state index contributed by atoms with van der Waals surface area (Å²) in [5.74, 6) is -0.266. The van der Waals surface area contributed by atoms with E-state index in [1.165, 1.54) is 16.6 Å². The van der Waals surface area contributed by atoms with Crippen LogP contribution in [0, 0.1) is 0 Å². The van der Waals surface area contributed by atoms with Crippen molar-refractivity contribution in [2.75, 3.05) is 11.9 Å². The van der Waals surface area contributed by atoms with E-state index in [2.05, 4.69) is 10.4 Å². The monoisotopic (exact) mass is 416 g/mol. The molecule has 1 atom stereocenters. The highest BCUT2D eigenvalue weighted by atomic mass is 32.2. The van der Waals surface area contributed by atoms with Gasteiger partial charge in [-0.15, -0.1) is 0 Å². The molecule has 0 radical (unpaired) electrons. The number of carbonyl (C=O) groups excluding carboxylic acids is 2. The molecule has 2 aromatic rings. The first-order chi connectivity index (χ1) is 13.6. The molecular weight excluding hydrogens is 392 g/mol. The minimum absolute atomic E-state index is 0.116. The number of anilines is 1. The number of fused-ring (bicyclic) bond motifs is 1. The van der Waals surface area contributed by atoms with Crippen molar-refractivity contribution in [3.05, 3.63) is 41.7 Å². The number of aryl methyl sites for hydroxylation is 1. The molecule has 1 amide bonds. The maximum atomic E-state index is 13.4. The molecular formula is C20H24N4O4S. The second kappa shape index (κ2) is 6.77. The molecule has 9 heteroatoms. The Kier molecular flexibility index (Phi) is 4.62. The van der Waals surface area contributed by atoms with Crippen LogP contribution in [0.4, 0.5) is 5.69 Å². The lowest BCUT2D eigenvalue weighted by molar-refractivity contribution is -0.119. The number of nitrogens with one attached hydrogen (secondary N) is 1. The number of aromatic nitrogens is 2. The van der Waals surface area contributed by atoms with Crippen molar-refractivity contribution in [3.8, 4) is 0 Å². The predicted molar refractivity (Wildman–Crippen MR) is 107 cm³/mol. The fourth-order valence-corrected chi connectivity index (χ4v) is 5.79. The molecule has 1 saturated heterocycles. The highest BCUT2D eigenvalue weighted by Crippen LogP contribution is 2.39. The zero-order valence-corrected chi connectivity index (χ0v) is 17.5. The smallest absolute Gasteiger partial charge is 0.243 e. The van der Waals surface area contributed by atoms with Crippen LogP contribution in [0.2, 0.25) is 0 Å². The minimum atomic E-state index is -3.78. The largest absolute Gasteiger partial charge is 0.325 e. The number of nitrogens with zero attached hydrogens (tertiary/aromatic N) is 3. The van der Waals surface area contributed by atoms with Crippen LogP contribution in [0.5, 0.6) is 0 Å². The third-order valence-electron chi connectivity index (χ3n) is 5.86. The van der Waals surface area contributed by atoms with Gasteiger partial charge in [-0.3, -0.25) is 14.3 Å². The molecule has 154 valence electrons. The summed E-state index contributed by atoms with van der Waals surface area (Å²) in [6.45, 7) is 3.93. The van der Waals surface area contributed by atoms with Crippen LogP contribution < -0.4 is 5.32 Å². The highest BCUT2D eigenvalue weighted by molar-refractivity contribution is 7.89. The average Bonchev–Trinajstić information content (AvgIpc) is 3.35. The summed E-state index contributed by atoms with van der Waals surface area (Å²) in [4.78, 5) is 24.9. The third-order valence-corrected chi connectivity index (χ3v) is 7.81. The number of hydrogen-bond donors (Lipinski definition) is 1. The number of sulfonamides is 1. The first-order valence-corrected chi connectivity index (χ1v) is 11.0. The van der Waals surface area contributed by atoms with Gasteiger partial charge in [0.15, 0.2) is 5.78 Å². The summed E-state index contributed by atoms with van der Waals surface area (Å²) >= 11 is 0. The van der Waals surface area contributed by atoms with Crippen LogP contribution in [0.3, 0.4) is 0 Å². The zero-order valence-electron chi connectivity index (χ0n) is 16.7. The van der Waals surface area contributed by atoms with Crippen molar-refractivity contribution in [1.29, 1.82) is 0 Å². The Morgan fingerprint density at radius 1 is 1.34 bits per heavy atom. The van der Waals surface area contributed by atoms with Crippen LogP contribution in [0.1, 0.15) is 49.0 Å². The molecule has 1 fully saturated rings. The van der Waals surface area contributed by atoms with Gasteiger partial charge in [0.25, 0.3) is 0 Å². The van der Waals surface area contributed by atoms with Gasteiger partial charge in [0.05, 0.1) is 22.1 Å². The van der Waals surface area contributed by atoms with E-state index in [0.29, 0.717) is 36.2 Å². The third kappa shape index (κ3) is 3.28. The standard InChI is InChI=1S/C20H24N4O4S/c1-20(2)16-10-15(6-7-17(16)22-19(20)26)29(27,28)24-8-4-5-14(24)9-18(25)13-11-21-23(3)12-13/h6-7,10-12,14H,4-5,8-9H2,1-3H3,(H,22,26). The summed E-state index contributed by atoms with van der Waals surface area (Å²) in [5, 5.41) is 6.80. The van der Waals surface area contributed by atoms with Crippen LogP contribution >= 0.6 is 0 Å². The Morgan fingerprint density at radius 2 is 2.10 bits per heavy atom. The lowest BCUT2D eigenvalue weighted by Gasteiger charge is -2.24. The molecule has 2 aliphatic rings. The van der Waals surface area contributed by atoms with Crippen LogP contribution in [0.25, 0.3) is 0 Å². The van der Waals surface area contributed by atoms with E-state index in [4.69, 9.17) is 0 Å². The first kappa shape index (κ1) is 19.8. The summed E-state index contributed by atoms with van der Waals surface area (Å²) in [6.07, 6.45) is 4.62. The fraction of sp³-hybridized carbons (Fsp3) is 0.450. The van der Waals surface area contributed by atoms with Gasteiger partial charge in [-0.1, -0.05) is 0 Å². The van der Waals surface area contributed by atoms with E-state index in [1.54, 1.807) is 43.9 Å². The average molecular weight is 417 g/mol. The molecule has 1 aromatic carbocycles. The second-order valence-electron chi connectivity index (χ2n) is 8.23. The van der Waals surface area contributed by atoms with Crippen molar-refractivity contribution >= 4 is 27.4 Å². The Labute approximate surface area is 169 Å². The van der Waals surface area contributed by atoms with Crippen LogP contribution in [-0.4, -0.2) is 46.8 Å². The maximum Gasteiger partial charge on any atom is 0.243 e. The van der Waals surface area contributed by atoms with Gasteiger partial charge >= 0.3 is 0 Å². The molecule has 4 rings (SSSR count). The molecule has 0 bridgehead atoms. The van der Waals surface area contributed by atoms with Gasteiger partial charge in [-0.2, -0.15) is 9.40 Å². The molecule has 29 heavy (non-hydrogen) atoms. The molecule has 1 aromatic heterocycles. The quantitative estimate of drug-likeness (QED) is 0.752. The van der Waals surface area contributed by atoms with E-state index < -0.39 is 15.4 Å². The Balaban J connectivity index is 1.61. The number of amides is 1. The summed E-state index contributed by atoms with van der Waals surface area (Å²) in [7, 11) is -2.04. The molecule has 0 aliphatic carbocycles. The van der Waals surface area contributed by atoms with Crippen LogP contribution in [-0.2, 0) is 27.3 Å². The van der Waals surface area contributed by atoms with E-state index in [-0.39, 0.29) is 29.0 Å². The maximum absolute atomic E-state index is 13.4. The first-order valence-electron chi connectivity index (χ1n) is 9.60. The van der Waals surface area contributed by atoms with Crippen molar-refractivity contribution in [2.24, 2.45) is 7.05 Å². The number of Topliss-reactive ketones (excluding diaryl/α,β-unsaturated/α-hetero) is 1. The van der Waals surface area contributed by atoms with Gasteiger partial charge in [-0.25, -0.2) is 8.42 Å². The topological polar surface area (TPSA) is 101 Å². The Hall–Kier alpha value is -2.52. The van der Waals surface area contributed by atoms with Crippen molar-refractivity contribution in [2.45, 2.75) is 49.5 Å². The fourth-order valence-electron chi connectivity index (χ4n) is 4.07.